The second-order valence-electron chi connectivity index (χ2n) is 4.82. The molecule has 1 saturated heterocycles. The normalized spacial score (nSPS) is 16.7. The predicted octanol–water partition coefficient (Wildman–Crippen LogP) is 3.01. The number of hydrogen-bond acceptors (Lipinski definition) is 3. The molecule has 0 bridgehead atoms. The highest BCUT2D eigenvalue weighted by Gasteiger charge is 2.37. The van der Waals surface area contributed by atoms with Gasteiger partial charge in [0.2, 0.25) is 0 Å². The van der Waals surface area contributed by atoms with Gasteiger partial charge in [0.05, 0.1) is 10.7 Å². The Labute approximate surface area is 137 Å². The Kier molecular flexibility index (Phi) is 3.95. The second-order valence-corrected chi connectivity index (χ2v) is 5.23. The summed E-state index contributed by atoms with van der Waals surface area (Å²) >= 11 is 6.05. The SMILES string of the molecule is O=C1NC(=O)N(c2ccccc2Cl)C(=O)C1=Cc1ccccc1. The maximum Gasteiger partial charge on any atom is 0.335 e. The van der Waals surface area contributed by atoms with E-state index < -0.39 is 17.8 Å². The highest BCUT2D eigenvalue weighted by atomic mass is 35.5. The van der Waals surface area contributed by atoms with Crippen molar-refractivity contribution >= 4 is 41.2 Å². The smallest absolute Gasteiger partial charge is 0.273 e. The Hall–Kier alpha value is -2.92. The van der Waals surface area contributed by atoms with E-state index in [1.165, 1.54) is 12.1 Å². The summed E-state index contributed by atoms with van der Waals surface area (Å²) in [5.74, 6) is -1.44. The van der Waals surface area contributed by atoms with Crippen LogP contribution in [0.15, 0.2) is 60.2 Å². The Morgan fingerprint density at radius 3 is 2.26 bits per heavy atom. The first kappa shape index (κ1) is 15.0. The molecule has 1 N–H and O–H groups in total. The number of nitrogens with zero attached hydrogens (tertiary/aromatic N) is 1. The molecular formula is C17H11ClN2O3. The number of carbonyl (C=O) groups excluding carboxylic acids is 3. The minimum atomic E-state index is -0.821. The molecule has 0 saturated carbocycles. The topological polar surface area (TPSA) is 66.5 Å². The fourth-order valence-corrected chi connectivity index (χ4v) is 2.45. The van der Waals surface area contributed by atoms with Gasteiger partial charge in [-0.1, -0.05) is 54.1 Å². The number of benzene rings is 2. The van der Waals surface area contributed by atoms with E-state index in [0.717, 1.165) is 4.90 Å². The number of imide groups is 2. The largest absolute Gasteiger partial charge is 0.335 e. The molecule has 2 aromatic rings. The molecule has 4 amide bonds. The summed E-state index contributed by atoms with van der Waals surface area (Å²) in [7, 11) is 0. The van der Waals surface area contributed by atoms with Crippen LogP contribution in [0.4, 0.5) is 10.5 Å². The highest BCUT2D eigenvalue weighted by Crippen LogP contribution is 2.28. The number of nitrogens with one attached hydrogen (secondary N) is 1. The molecule has 1 fully saturated rings. The van der Waals surface area contributed by atoms with Crippen molar-refractivity contribution in [2.24, 2.45) is 0 Å². The molecular weight excluding hydrogens is 316 g/mol. The van der Waals surface area contributed by atoms with E-state index in [1.807, 2.05) is 6.07 Å². The number of anilines is 1. The van der Waals surface area contributed by atoms with Crippen LogP contribution in [0, 0.1) is 0 Å². The minimum absolute atomic E-state index is 0.129. The Bertz CT molecular complexity index is 831. The molecule has 23 heavy (non-hydrogen) atoms. The van der Waals surface area contributed by atoms with Crippen LogP contribution in [0.5, 0.6) is 0 Å². The van der Waals surface area contributed by atoms with Crippen LogP contribution in [0.2, 0.25) is 5.02 Å². The first-order valence-corrected chi connectivity index (χ1v) is 7.17. The van der Waals surface area contributed by atoms with Gasteiger partial charge in [0.1, 0.15) is 5.57 Å². The Morgan fingerprint density at radius 1 is 0.913 bits per heavy atom. The molecule has 0 atom stereocenters. The molecule has 0 aliphatic carbocycles. The second kappa shape index (κ2) is 6.06. The van der Waals surface area contributed by atoms with Gasteiger partial charge in [-0.05, 0) is 23.8 Å². The molecule has 1 aliphatic rings. The third-order valence-electron chi connectivity index (χ3n) is 3.31. The van der Waals surface area contributed by atoms with Gasteiger partial charge in [0, 0.05) is 0 Å². The predicted molar refractivity (Wildman–Crippen MR) is 86.9 cm³/mol. The molecule has 114 valence electrons. The standard InChI is InChI=1S/C17H11ClN2O3/c18-13-8-4-5-9-14(13)20-16(22)12(15(21)19-17(20)23)10-11-6-2-1-3-7-11/h1-10H,(H,19,21,23). The van der Waals surface area contributed by atoms with E-state index in [1.54, 1.807) is 42.5 Å². The lowest BCUT2D eigenvalue weighted by atomic mass is 10.1. The van der Waals surface area contributed by atoms with Crippen molar-refractivity contribution in [3.05, 3.63) is 70.8 Å². The zero-order valence-corrected chi connectivity index (χ0v) is 12.6. The number of amides is 4. The summed E-state index contributed by atoms with van der Waals surface area (Å²) in [6.07, 6.45) is 1.44. The maximum atomic E-state index is 12.6. The number of rotatable bonds is 2. The average molecular weight is 327 g/mol. The van der Waals surface area contributed by atoms with E-state index in [9.17, 15) is 14.4 Å². The number of halogens is 1. The summed E-state index contributed by atoms with van der Waals surface area (Å²) in [6, 6.07) is 14.5. The van der Waals surface area contributed by atoms with E-state index in [-0.39, 0.29) is 16.3 Å². The first-order chi connectivity index (χ1) is 11.1. The van der Waals surface area contributed by atoms with Gasteiger partial charge in [-0.2, -0.15) is 0 Å². The van der Waals surface area contributed by atoms with Gasteiger partial charge in [-0.25, -0.2) is 9.69 Å². The molecule has 0 radical (unpaired) electrons. The number of urea groups is 1. The van der Waals surface area contributed by atoms with Gasteiger partial charge in [0.25, 0.3) is 11.8 Å². The van der Waals surface area contributed by atoms with Crippen LogP contribution in [-0.4, -0.2) is 17.8 Å². The van der Waals surface area contributed by atoms with Gasteiger partial charge in [-0.15, -0.1) is 0 Å². The summed E-state index contributed by atoms with van der Waals surface area (Å²) in [6.45, 7) is 0. The average Bonchev–Trinajstić information content (AvgIpc) is 2.54. The molecule has 1 aliphatic heterocycles. The molecule has 2 aromatic carbocycles. The summed E-state index contributed by atoms with van der Waals surface area (Å²) in [4.78, 5) is 37.5. The van der Waals surface area contributed by atoms with Crippen molar-refractivity contribution in [1.82, 2.24) is 5.32 Å². The zero-order valence-electron chi connectivity index (χ0n) is 11.8. The highest BCUT2D eigenvalue weighted by molar-refractivity contribution is 6.42. The number of barbiturate groups is 1. The number of carbonyl (C=O) groups is 3. The lowest BCUT2D eigenvalue weighted by Gasteiger charge is -2.27. The summed E-state index contributed by atoms with van der Waals surface area (Å²) in [5, 5.41) is 2.40. The van der Waals surface area contributed by atoms with E-state index in [2.05, 4.69) is 5.32 Å². The van der Waals surface area contributed by atoms with Crippen LogP contribution in [0.1, 0.15) is 5.56 Å². The van der Waals surface area contributed by atoms with Gasteiger partial charge in [0.15, 0.2) is 0 Å². The van der Waals surface area contributed by atoms with Crippen molar-refractivity contribution in [3.8, 4) is 0 Å². The van der Waals surface area contributed by atoms with Gasteiger partial charge >= 0.3 is 6.03 Å². The Balaban J connectivity index is 2.05. The zero-order chi connectivity index (χ0) is 16.4. The van der Waals surface area contributed by atoms with E-state index in [0.29, 0.717) is 5.56 Å². The van der Waals surface area contributed by atoms with Crippen molar-refractivity contribution in [2.45, 2.75) is 0 Å². The van der Waals surface area contributed by atoms with Crippen molar-refractivity contribution in [1.29, 1.82) is 0 Å². The quantitative estimate of drug-likeness (QED) is 0.681. The van der Waals surface area contributed by atoms with Crippen LogP contribution in [0.25, 0.3) is 6.08 Å². The number of para-hydroxylation sites is 1. The van der Waals surface area contributed by atoms with Crippen molar-refractivity contribution in [3.63, 3.8) is 0 Å². The molecule has 0 spiro atoms. The lowest BCUT2D eigenvalue weighted by molar-refractivity contribution is -0.122. The molecule has 0 aromatic heterocycles. The van der Waals surface area contributed by atoms with Crippen LogP contribution < -0.4 is 10.2 Å². The van der Waals surface area contributed by atoms with Crippen LogP contribution >= 0.6 is 11.6 Å². The fourth-order valence-electron chi connectivity index (χ4n) is 2.23. The fraction of sp³-hybridized carbons (Fsp3) is 0. The molecule has 0 unspecified atom stereocenters. The maximum absolute atomic E-state index is 12.6. The number of hydrogen-bond donors (Lipinski definition) is 1. The van der Waals surface area contributed by atoms with E-state index >= 15 is 0 Å². The van der Waals surface area contributed by atoms with Crippen LogP contribution in [-0.2, 0) is 9.59 Å². The molecule has 6 heteroatoms. The third-order valence-corrected chi connectivity index (χ3v) is 3.63. The molecule has 5 nitrogen and oxygen atoms in total. The lowest BCUT2D eigenvalue weighted by Crippen LogP contribution is -2.54. The first-order valence-electron chi connectivity index (χ1n) is 6.79. The summed E-state index contributed by atoms with van der Waals surface area (Å²) < 4.78 is 0. The van der Waals surface area contributed by atoms with Crippen LogP contribution in [0.3, 0.4) is 0 Å². The van der Waals surface area contributed by atoms with Crippen molar-refractivity contribution < 1.29 is 14.4 Å². The van der Waals surface area contributed by atoms with Gasteiger partial charge < -0.3 is 0 Å². The minimum Gasteiger partial charge on any atom is -0.273 e. The third kappa shape index (κ3) is 2.86. The molecule has 3 rings (SSSR count). The Morgan fingerprint density at radius 2 is 1.57 bits per heavy atom. The van der Waals surface area contributed by atoms with Gasteiger partial charge in [-0.3, -0.25) is 14.9 Å². The monoisotopic (exact) mass is 326 g/mol. The van der Waals surface area contributed by atoms with Crippen molar-refractivity contribution in [2.75, 3.05) is 4.90 Å². The van der Waals surface area contributed by atoms with E-state index in [4.69, 9.17) is 11.6 Å². The molecule has 1 heterocycles. The summed E-state index contributed by atoms with van der Waals surface area (Å²) in [5.41, 5.74) is 0.776.